The number of hydrogen-bond donors (Lipinski definition) is 0. The monoisotopic (exact) mass is 437 g/mol. The summed E-state index contributed by atoms with van der Waals surface area (Å²) in [6.07, 6.45) is 8.74. The molecule has 156 valence electrons. The van der Waals surface area contributed by atoms with Crippen LogP contribution in [0.3, 0.4) is 0 Å². The van der Waals surface area contributed by atoms with Gasteiger partial charge in [0.05, 0.1) is 12.9 Å². The molecule has 0 aliphatic heterocycles. The fourth-order valence-corrected chi connectivity index (χ4v) is 3.52. The molecule has 2 aromatic heterocycles. The van der Waals surface area contributed by atoms with Gasteiger partial charge in [0.2, 0.25) is 0 Å². The number of unbranched alkanes of at least 4 members (excludes halogenated alkanes) is 3. The Kier molecular flexibility index (Phi) is 7.10. The Morgan fingerprint density at radius 2 is 1.86 bits per heavy atom. The summed E-state index contributed by atoms with van der Waals surface area (Å²) in [5.41, 5.74) is 1.74. The number of aromatic nitrogens is 3. The molecule has 0 spiro atoms. The molecule has 3 rings (SSSR count). The molecule has 0 radical (unpaired) electrons. The van der Waals surface area contributed by atoms with Crippen molar-refractivity contribution in [2.75, 3.05) is 12.9 Å². The lowest BCUT2D eigenvalue weighted by atomic mass is 10.1. The molecule has 0 saturated carbocycles. The van der Waals surface area contributed by atoms with E-state index in [0.29, 0.717) is 17.5 Å². The summed E-state index contributed by atoms with van der Waals surface area (Å²) in [6, 6.07) is 8.01. The van der Waals surface area contributed by atoms with Crippen molar-refractivity contribution in [2.24, 2.45) is 0 Å². The third kappa shape index (κ3) is 6.16. The van der Waals surface area contributed by atoms with Crippen molar-refractivity contribution in [3.8, 4) is 17.3 Å². The van der Waals surface area contributed by atoms with Gasteiger partial charge >= 0.3 is 6.01 Å². The van der Waals surface area contributed by atoms with Crippen LogP contribution in [0.25, 0.3) is 17.3 Å². The second-order valence-corrected chi connectivity index (χ2v) is 8.89. The summed E-state index contributed by atoms with van der Waals surface area (Å²) in [6.45, 7) is 2.12. The summed E-state index contributed by atoms with van der Waals surface area (Å²) in [4.78, 5) is 8.92. The van der Waals surface area contributed by atoms with Crippen molar-refractivity contribution in [1.82, 2.24) is 14.5 Å². The van der Waals surface area contributed by atoms with E-state index < -0.39 is 10.1 Å². The highest BCUT2D eigenvalue weighted by molar-refractivity contribution is 7.85. The first-order valence-electron chi connectivity index (χ1n) is 9.44. The van der Waals surface area contributed by atoms with Crippen LogP contribution >= 0.6 is 11.6 Å². The first kappa shape index (κ1) is 21.5. The van der Waals surface area contributed by atoms with E-state index in [1.54, 1.807) is 6.20 Å². The van der Waals surface area contributed by atoms with Crippen molar-refractivity contribution in [3.05, 3.63) is 53.3 Å². The maximum Gasteiger partial charge on any atom is 0.307 e. The van der Waals surface area contributed by atoms with Gasteiger partial charge in [-0.15, -0.1) is 0 Å². The average molecular weight is 438 g/mol. The Labute approximate surface area is 175 Å². The molecule has 0 aliphatic rings. The van der Waals surface area contributed by atoms with Crippen molar-refractivity contribution < 1.29 is 17.0 Å². The van der Waals surface area contributed by atoms with E-state index in [0.717, 1.165) is 54.8 Å². The Morgan fingerprint density at radius 3 is 2.52 bits per heavy atom. The number of nitrogens with zero attached hydrogens (tertiary/aromatic N) is 3. The van der Waals surface area contributed by atoms with Gasteiger partial charge in [-0.2, -0.15) is 13.4 Å². The predicted octanol–water partition coefficient (Wildman–Crippen LogP) is 4.57. The third-order valence-electron chi connectivity index (χ3n) is 4.43. The molecule has 3 aromatic rings. The number of rotatable bonds is 10. The van der Waals surface area contributed by atoms with Crippen molar-refractivity contribution in [1.29, 1.82) is 0 Å². The summed E-state index contributed by atoms with van der Waals surface area (Å²) in [5.74, 6) is 1.61. The minimum absolute atomic E-state index is 0.223. The van der Waals surface area contributed by atoms with Crippen LogP contribution < -0.4 is 0 Å². The van der Waals surface area contributed by atoms with Crippen LogP contribution in [0.15, 0.2) is 41.1 Å². The highest BCUT2D eigenvalue weighted by Crippen LogP contribution is 2.28. The molecule has 0 amide bonds. The van der Waals surface area contributed by atoms with Crippen LogP contribution in [0, 0.1) is 6.92 Å². The summed E-state index contributed by atoms with van der Waals surface area (Å²) in [5, 5.41) is 0.667. The highest BCUT2D eigenvalue weighted by Gasteiger charge is 2.17. The summed E-state index contributed by atoms with van der Waals surface area (Å²) >= 11 is 6.01. The number of imidazole rings is 1. The Hall–Kier alpha value is -2.16. The van der Waals surface area contributed by atoms with Crippen LogP contribution in [0.2, 0.25) is 5.02 Å². The first-order chi connectivity index (χ1) is 13.8. The fourth-order valence-electron chi connectivity index (χ4n) is 2.98. The molecule has 29 heavy (non-hydrogen) atoms. The van der Waals surface area contributed by atoms with Crippen molar-refractivity contribution in [2.45, 2.75) is 39.0 Å². The Bertz CT molecular complexity index is 1040. The van der Waals surface area contributed by atoms with Crippen molar-refractivity contribution in [3.63, 3.8) is 0 Å². The molecule has 0 bridgehead atoms. The zero-order valence-corrected chi connectivity index (χ0v) is 18.0. The fraction of sp³-hybridized carbons (Fsp3) is 0.400. The molecule has 0 unspecified atom stereocenters. The molecule has 9 heteroatoms. The second kappa shape index (κ2) is 9.56. The van der Waals surface area contributed by atoms with Gasteiger partial charge in [0.1, 0.15) is 17.3 Å². The van der Waals surface area contributed by atoms with E-state index in [1.165, 1.54) is 0 Å². The van der Waals surface area contributed by atoms with E-state index in [9.17, 15) is 8.42 Å². The highest BCUT2D eigenvalue weighted by atomic mass is 35.5. The lowest BCUT2D eigenvalue weighted by Gasteiger charge is -2.03. The lowest BCUT2D eigenvalue weighted by Crippen LogP contribution is -2.03. The molecule has 0 aliphatic carbocycles. The maximum atomic E-state index is 11.0. The second-order valence-electron chi connectivity index (χ2n) is 6.81. The van der Waals surface area contributed by atoms with Crippen molar-refractivity contribution >= 4 is 21.7 Å². The van der Waals surface area contributed by atoms with E-state index in [1.807, 2.05) is 42.0 Å². The molecule has 0 N–H and O–H groups in total. The minimum Gasteiger partial charge on any atom is -0.427 e. The molecular formula is C20H24ClN3O4S. The van der Waals surface area contributed by atoms with Crippen LogP contribution in [0.4, 0.5) is 0 Å². The van der Waals surface area contributed by atoms with Gasteiger partial charge < -0.3 is 4.42 Å². The summed E-state index contributed by atoms with van der Waals surface area (Å²) < 4.78 is 34.6. The molecular weight excluding hydrogens is 414 g/mol. The number of halogens is 1. The normalized spacial score (nSPS) is 11.8. The van der Waals surface area contributed by atoms with Crippen LogP contribution in [0.5, 0.6) is 0 Å². The first-order valence-corrected chi connectivity index (χ1v) is 11.6. The number of benzene rings is 1. The largest absolute Gasteiger partial charge is 0.427 e. The SMILES string of the molecule is Cc1nccn1-c1nc(-c2ccc(Cl)cc2)c(CCCCCCOS(C)(=O)=O)o1. The zero-order chi connectivity index (χ0) is 20.9. The third-order valence-corrected chi connectivity index (χ3v) is 5.28. The van der Waals surface area contributed by atoms with E-state index >= 15 is 0 Å². The number of aryl methyl sites for hydroxylation is 2. The van der Waals surface area contributed by atoms with Crippen LogP contribution in [-0.4, -0.2) is 35.8 Å². The quantitative estimate of drug-likeness (QED) is 0.341. The Balaban J connectivity index is 1.67. The molecule has 0 fully saturated rings. The lowest BCUT2D eigenvalue weighted by molar-refractivity contribution is 0.309. The molecule has 2 heterocycles. The van der Waals surface area contributed by atoms with E-state index in [2.05, 4.69) is 4.98 Å². The molecule has 0 saturated heterocycles. The van der Waals surface area contributed by atoms with Gasteiger partial charge in [-0.3, -0.25) is 8.75 Å². The topological polar surface area (TPSA) is 87.2 Å². The van der Waals surface area contributed by atoms with Gasteiger partial charge in [-0.1, -0.05) is 36.6 Å². The minimum atomic E-state index is -3.36. The smallest absolute Gasteiger partial charge is 0.307 e. The average Bonchev–Trinajstić information content (AvgIpc) is 3.27. The number of oxazole rings is 1. The van der Waals surface area contributed by atoms with E-state index in [4.69, 9.17) is 25.2 Å². The Morgan fingerprint density at radius 1 is 1.14 bits per heavy atom. The zero-order valence-electron chi connectivity index (χ0n) is 16.5. The van der Waals surface area contributed by atoms with Gasteiger partial charge in [0.15, 0.2) is 0 Å². The van der Waals surface area contributed by atoms with Gasteiger partial charge in [-0.05, 0) is 31.9 Å². The maximum absolute atomic E-state index is 11.0. The summed E-state index contributed by atoms with van der Waals surface area (Å²) in [7, 11) is -3.36. The molecule has 7 nitrogen and oxygen atoms in total. The van der Waals surface area contributed by atoms with Crippen LogP contribution in [0.1, 0.15) is 37.3 Å². The van der Waals surface area contributed by atoms with Gasteiger partial charge in [0, 0.05) is 29.4 Å². The van der Waals surface area contributed by atoms with Gasteiger partial charge in [0.25, 0.3) is 10.1 Å². The van der Waals surface area contributed by atoms with Crippen LogP contribution in [-0.2, 0) is 20.7 Å². The standard InChI is InChI=1S/C20H24ClN3O4S/c1-15-22-12-13-24(15)20-23-19(16-8-10-17(21)11-9-16)18(28-20)7-5-3-4-6-14-27-29(2,25)26/h8-13H,3-7,14H2,1-2H3. The molecule has 0 atom stereocenters. The van der Waals surface area contributed by atoms with Gasteiger partial charge in [-0.25, -0.2) is 4.98 Å². The predicted molar refractivity (Wildman–Crippen MR) is 112 cm³/mol. The number of hydrogen-bond acceptors (Lipinski definition) is 6. The van der Waals surface area contributed by atoms with E-state index in [-0.39, 0.29) is 6.61 Å². The molecule has 1 aromatic carbocycles.